The second-order valence-electron chi connectivity index (χ2n) is 2.88. The van der Waals surface area contributed by atoms with Crippen molar-refractivity contribution in [1.82, 2.24) is 15.0 Å². The first-order valence-corrected chi connectivity index (χ1v) is 4.72. The summed E-state index contributed by atoms with van der Waals surface area (Å²) >= 11 is 3.37. The minimum Gasteiger partial charge on any atom is -0.238 e. The largest absolute Gasteiger partial charge is 0.238 e. The zero-order valence-electron chi connectivity index (χ0n) is 7.37. The standard InChI is InChI=1S/C9H8BrN3/c1-5-8-3-7(10)4-11-9(8)13-6(2)12-5/h3-4H,1-2H3. The molecule has 0 spiro atoms. The Kier molecular flexibility index (Phi) is 2.00. The van der Waals surface area contributed by atoms with Crippen LogP contribution in [0.25, 0.3) is 11.0 Å². The average molecular weight is 238 g/mol. The minimum absolute atomic E-state index is 0.758. The highest BCUT2D eigenvalue weighted by Gasteiger charge is 2.02. The van der Waals surface area contributed by atoms with Gasteiger partial charge in [-0.25, -0.2) is 15.0 Å². The summed E-state index contributed by atoms with van der Waals surface area (Å²) in [6.45, 7) is 3.83. The Morgan fingerprint density at radius 1 is 1.23 bits per heavy atom. The topological polar surface area (TPSA) is 38.7 Å². The van der Waals surface area contributed by atoms with Crippen LogP contribution in [0.15, 0.2) is 16.7 Å². The molecule has 0 bridgehead atoms. The van der Waals surface area contributed by atoms with E-state index < -0.39 is 0 Å². The van der Waals surface area contributed by atoms with Crippen molar-refractivity contribution in [3.63, 3.8) is 0 Å². The van der Waals surface area contributed by atoms with Gasteiger partial charge in [-0.2, -0.15) is 0 Å². The molecule has 0 fully saturated rings. The summed E-state index contributed by atoms with van der Waals surface area (Å²) in [5.74, 6) is 0.764. The molecule has 13 heavy (non-hydrogen) atoms. The molecule has 2 heterocycles. The van der Waals surface area contributed by atoms with Crippen molar-refractivity contribution in [2.24, 2.45) is 0 Å². The summed E-state index contributed by atoms with van der Waals surface area (Å²) in [6, 6.07) is 1.98. The Bertz CT molecular complexity index is 468. The fraction of sp³-hybridized carbons (Fsp3) is 0.222. The monoisotopic (exact) mass is 237 g/mol. The summed E-state index contributed by atoms with van der Waals surface area (Å²) in [6.07, 6.45) is 1.74. The second-order valence-corrected chi connectivity index (χ2v) is 3.80. The molecule has 2 aromatic rings. The number of aryl methyl sites for hydroxylation is 2. The Morgan fingerprint density at radius 2 is 2.00 bits per heavy atom. The molecule has 0 aliphatic rings. The molecule has 0 radical (unpaired) electrons. The van der Waals surface area contributed by atoms with Gasteiger partial charge in [-0.15, -0.1) is 0 Å². The first-order chi connectivity index (χ1) is 6.16. The SMILES string of the molecule is Cc1nc(C)c2cc(Br)cnc2n1. The predicted octanol–water partition coefficient (Wildman–Crippen LogP) is 2.40. The van der Waals surface area contributed by atoms with E-state index in [1.807, 2.05) is 19.9 Å². The van der Waals surface area contributed by atoms with Crippen molar-refractivity contribution in [1.29, 1.82) is 0 Å². The highest BCUT2D eigenvalue weighted by molar-refractivity contribution is 9.10. The molecule has 0 aliphatic carbocycles. The highest BCUT2D eigenvalue weighted by atomic mass is 79.9. The molecule has 0 saturated heterocycles. The van der Waals surface area contributed by atoms with Crippen LogP contribution in [0.5, 0.6) is 0 Å². The van der Waals surface area contributed by atoms with Crippen LogP contribution in [0, 0.1) is 13.8 Å². The van der Waals surface area contributed by atoms with Gasteiger partial charge in [0.15, 0.2) is 5.65 Å². The van der Waals surface area contributed by atoms with Crippen LogP contribution in [0.3, 0.4) is 0 Å². The van der Waals surface area contributed by atoms with Crippen LogP contribution in [0.4, 0.5) is 0 Å². The van der Waals surface area contributed by atoms with Crippen molar-refractivity contribution in [2.45, 2.75) is 13.8 Å². The Morgan fingerprint density at radius 3 is 2.77 bits per heavy atom. The minimum atomic E-state index is 0.758. The number of fused-ring (bicyclic) bond motifs is 1. The molecule has 0 N–H and O–H groups in total. The third-order valence-electron chi connectivity index (χ3n) is 1.82. The van der Waals surface area contributed by atoms with Gasteiger partial charge < -0.3 is 0 Å². The van der Waals surface area contributed by atoms with Crippen LogP contribution in [0.1, 0.15) is 11.5 Å². The first-order valence-electron chi connectivity index (χ1n) is 3.93. The van der Waals surface area contributed by atoms with Crippen LogP contribution in [-0.4, -0.2) is 15.0 Å². The molecule has 3 nitrogen and oxygen atoms in total. The summed E-state index contributed by atoms with van der Waals surface area (Å²) < 4.78 is 0.954. The van der Waals surface area contributed by atoms with Gasteiger partial charge in [0.05, 0.1) is 5.69 Å². The Balaban J connectivity index is 2.87. The maximum Gasteiger partial charge on any atom is 0.163 e. The lowest BCUT2D eigenvalue weighted by Gasteiger charge is -2.01. The normalized spacial score (nSPS) is 10.7. The molecule has 2 aromatic heterocycles. The number of nitrogens with zero attached hydrogens (tertiary/aromatic N) is 3. The highest BCUT2D eigenvalue weighted by Crippen LogP contribution is 2.17. The van der Waals surface area contributed by atoms with Crippen LogP contribution < -0.4 is 0 Å². The van der Waals surface area contributed by atoms with E-state index in [2.05, 4.69) is 30.9 Å². The average Bonchev–Trinajstić information content (AvgIpc) is 2.06. The molecule has 66 valence electrons. The maximum atomic E-state index is 4.27. The zero-order chi connectivity index (χ0) is 9.42. The molecule has 0 atom stereocenters. The predicted molar refractivity (Wildman–Crippen MR) is 54.5 cm³/mol. The number of halogens is 1. The molecule has 0 aliphatic heterocycles. The Hall–Kier alpha value is -1.03. The number of aromatic nitrogens is 3. The number of hydrogen-bond acceptors (Lipinski definition) is 3. The fourth-order valence-corrected chi connectivity index (χ4v) is 1.60. The lowest BCUT2D eigenvalue weighted by molar-refractivity contribution is 1.03. The van der Waals surface area contributed by atoms with Gasteiger partial charge in [0.1, 0.15) is 5.82 Å². The van der Waals surface area contributed by atoms with E-state index >= 15 is 0 Å². The van der Waals surface area contributed by atoms with E-state index in [0.29, 0.717) is 0 Å². The van der Waals surface area contributed by atoms with Gasteiger partial charge in [0, 0.05) is 16.1 Å². The molecule has 4 heteroatoms. The van der Waals surface area contributed by atoms with E-state index in [0.717, 1.165) is 27.0 Å². The number of rotatable bonds is 0. The quantitative estimate of drug-likeness (QED) is 0.707. The van der Waals surface area contributed by atoms with Crippen LogP contribution >= 0.6 is 15.9 Å². The lowest BCUT2D eigenvalue weighted by Crippen LogP contribution is -1.94. The van der Waals surface area contributed by atoms with E-state index in [1.165, 1.54) is 0 Å². The van der Waals surface area contributed by atoms with E-state index in [-0.39, 0.29) is 0 Å². The molecular formula is C9H8BrN3. The molecule has 2 rings (SSSR count). The van der Waals surface area contributed by atoms with Gasteiger partial charge in [0.25, 0.3) is 0 Å². The van der Waals surface area contributed by atoms with E-state index in [9.17, 15) is 0 Å². The molecule has 0 aromatic carbocycles. The molecule has 0 amide bonds. The summed E-state index contributed by atoms with van der Waals surface area (Å²) in [7, 11) is 0. The number of pyridine rings is 1. The molecule has 0 saturated carbocycles. The summed E-state index contributed by atoms with van der Waals surface area (Å²) in [5.41, 5.74) is 1.73. The van der Waals surface area contributed by atoms with Gasteiger partial charge in [-0.3, -0.25) is 0 Å². The van der Waals surface area contributed by atoms with Crippen molar-refractivity contribution >= 4 is 27.0 Å². The van der Waals surface area contributed by atoms with Gasteiger partial charge in [0.2, 0.25) is 0 Å². The van der Waals surface area contributed by atoms with Gasteiger partial charge in [-0.1, -0.05) is 0 Å². The fourth-order valence-electron chi connectivity index (χ4n) is 1.27. The smallest absolute Gasteiger partial charge is 0.163 e. The van der Waals surface area contributed by atoms with Crippen molar-refractivity contribution < 1.29 is 0 Å². The summed E-state index contributed by atoms with van der Waals surface area (Å²) in [5, 5.41) is 1.000. The molecular weight excluding hydrogens is 230 g/mol. The first kappa shape index (κ1) is 8.56. The van der Waals surface area contributed by atoms with Gasteiger partial charge in [-0.05, 0) is 35.8 Å². The third-order valence-corrected chi connectivity index (χ3v) is 2.25. The third kappa shape index (κ3) is 1.54. The van der Waals surface area contributed by atoms with Crippen LogP contribution in [-0.2, 0) is 0 Å². The van der Waals surface area contributed by atoms with Crippen molar-refractivity contribution in [2.75, 3.05) is 0 Å². The van der Waals surface area contributed by atoms with Crippen LogP contribution in [0.2, 0.25) is 0 Å². The zero-order valence-corrected chi connectivity index (χ0v) is 8.96. The van der Waals surface area contributed by atoms with E-state index in [1.54, 1.807) is 6.20 Å². The summed E-state index contributed by atoms with van der Waals surface area (Å²) in [4.78, 5) is 12.7. The second kappa shape index (κ2) is 3.03. The van der Waals surface area contributed by atoms with Crippen molar-refractivity contribution in [3.8, 4) is 0 Å². The number of hydrogen-bond donors (Lipinski definition) is 0. The van der Waals surface area contributed by atoms with E-state index in [4.69, 9.17) is 0 Å². The van der Waals surface area contributed by atoms with Gasteiger partial charge >= 0.3 is 0 Å². The lowest BCUT2D eigenvalue weighted by atomic mass is 10.2. The Labute approximate surface area is 84.4 Å². The van der Waals surface area contributed by atoms with Crippen molar-refractivity contribution in [3.05, 3.63) is 28.3 Å². The molecule has 0 unspecified atom stereocenters. The maximum absolute atomic E-state index is 4.27.